The van der Waals surface area contributed by atoms with Crippen molar-refractivity contribution in [2.75, 3.05) is 10.6 Å². The first-order chi connectivity index (χ1) is 12.8. The molecule has 8 nitrogen and oxygen atoms in total. The van der Waals surface area contributed by atoms with E-state index in [4.69, 9.17) is 0 Å². The number of anilines is 2. The maximum Gasteiger partial charge on any atom is 0.286 e. The number of amidine groups is 1. The number of amides is 1. The molecule has 0 aromatic heterocycles. The zero-order valence-electron chi connectivity index (χ0n) is 14.1. The molecule has 0 aliphatic carbocycles. The van der Waals surface area contributed by atoms with Gasteiger partial charge in [-0.1, -0.05) is 24.3 Å². The fourth-order valence-electron chi connectivity index (χ4n) is 2.61. The van der Waals surface area contributed by atoms with Crippen molar-refractivity contribution in [3.8, 4) is 0 Å². The van der Waals surface area contributed by atoms with Gasteiger partial charge in [0.25, 0.3) is 10.0 Å². The maximum atomic E-state index is 12.1. The normalized spacial score (nSPS) is 14.4. The second-order valence-corrected chi connectivity index (χ2v) is 7.47. The van der Waals surface area contributed by atoms with Gasteiger partial charge < -0.3 is 20.5 Å². The lowest BCUT2D eigenvalue weighted by molar-refractivity contribution is -0.255. The molecule has 0 bridgehead atoms. The Hall–Kier alpha value is -3.20. The molecule has 1 heterocycles. The number of rotatable bonds is 6. The first-order valence-corrected chi connectivity index (χ1v) is 9.60. The number of sulfonamides is 1. The van der Waals surface area contributed by atoms with Crippen molar-refractivity contribution >= 4 is 39.1 Å². The van der Waals surface area contributed by atoms with E-state index >= 15 is 0 Å². The maximum absolute atomic E-state index is 12.1. The van der Waals surface area contributed by atoms with E-state index < -0.39 is 16.0 Å². The number of hydrogen-bond donors (Lipinski definition) is 2. The number of fused-ring (bicyclic) bond motifs is 1. The monoisotopic (exact) mass is 386 g/mol. The Morgan fingerprint density at radius 3 is 2.48 bits per heavy atom. The van der Waals surface area contributed by atoms with Crippen LogP contribution in [0.25, 0.3) is 0 Å². The third kappa shape index (κ3) is 4.50. The molecule has 0 radical (unpaired) electrons. The van der Waals surface area contributed by atoms with Crippen LogP contribution >= 0.6 is 0 Å². The molecule has 0 saturated carbocycles. The minimum Gasteiger partial charge on any atom is -0.545 e. The number of nitrogens with zero attached hydrogens (tertiary/aromatic N) is 1. The fraction of sp³-hybridized carbons (Fsp3) is 0.167. The van der Waals surface area contributed by atoms with E-state index in [-0.39, 0.29) is 22.8 Å². The first kappa shape index (κ1) is 18.6. The molecular formula is C18H16N3O5S-. The number of carbonyl (C=O) groups is 2. The molecule has 0 atom stereocenters. The van der Waals surface area contributed by atoms with Gasteiger partial charge in [0.05, 0.1) is 11.7 Å². The topological polar surface area (TPSA) is 128 Å². The summed E-state index contributed by atoms with van der Waals surface area (Å²) in [5.41, 5.74) is 0.963. The molecule has 27 heavy (non-hydrogen) atoms. The Balaban J connectivity index is 1.53. The summed E-state index contributed by atoms with van der Waals surface area (Å²) in [5, 5.41) is 16.3. The summed E-state index contributed by atoms with van der Waals surface area (Å²) in [5.74, 6) is -1.26. The van der Waals surface area contributed by atoms with Crippen LogP contribution in [0, 0.1) is 0 Å². The Labute approximate surface area is 156 Å². The van der Waals surface area contributed by atoms with E-state index in [2.05, 4.69) is 15.0 Å². The van der Waals surface area contributed by atoms with Crippen LogP contribution in [0.15, 0.2) is 57.8 Å². The van der Waals surface area contributed by atoms with E-state index in [1.165, 1.54) is 30.3 Å². The quantitative estimate of drug-likeness (QED) is 0.772. The molecule has 140 valence electrons. The number of nitrogens with one attached hydrogen (secondary N) is 2. The molecule has 9 heteroatoms. The van der Waals surface area contributed by atoms with Crippen LogP contribution in [0.1, 0.15) is 29.6 Å². The van der Waals surface area contributed by atoms with Crippen molar-refractivity contribution in [3.05, 3.63) is 54.1 Å². The zero-order valence-corrected chi connectivity index (χ0v) is 15.0. The first-order valence-electron chi connectivity index (χ1n) is 8.16. The number of carbonyl (C=O) groups excluding carboxylic acids is 2. The molecule has 2 aromatic rings. The summed E-state index contributed by atoms with van der Waals surface area (Å²) < 4.78 is 28.0. The van der Waals surface area contributed by atoms with Crippen LogP contribution in [-0.2, 0) is 14.8 Å². The summed E-state index contributed by atoms with van der Waals surface area (Å²) >= 11 is 0. The molecule has 3 rings (SSSR count). The van der Waals surface area contributed by atoms with Crippen molar-refractivity contribution in [3.63, 3.8) is 0 Å². The lowest BCUT2D eigenvalue weighted by Crippen LogP contribution is -2.22. The molecule has 0 unspecified atom stereocenters. The number of aromatic carboxylic acids is 1. The number of carboxylic acid groups (broad SMARTS) is 1. The van der Waals surface area contributed by atoms with Gasteiger partial charge >= 0.3 is 0 Å². The minimum absolute atomic E-state index is 0.0240. The van der Waals surface area contributed by atoms with Crippen LogP contribution < -0.4 is 15.7 Å². The van der Waals surface area contributed by atoms with Gasteiger partial charge in [-0.15, -0.1) is 4.40 Å². The number of benzene rings is 2. The van der Waals surface area contributed by atoms with Crippen LogP contribution in [0.2, 0.25) is 0 Å². The van der Waals surface area contributed by atoms with Gasteiger partial charge in [-0.05, 0) is 36.2 Å². The van der Waals surface area contributed by atoms with E-state index in [0.717, 1.165) is 0 Å². The molecule has 1 aliphatic heterocycles. The molecule has 1 amide bonds. The Kier molecular flexibility index (Phi) is 5.22. The van der Waals surface area contributed by atoms with Crippen molar-refractivity contribution in [2.45, 2.75) is 24.2 Å². The van der Waals surface area contributed by atoms with Gasteiger partial charge in [0.2, 0.25) is 5.91 Å². The summed E-state index contributed by atoms with van der Waals surface area (Å²) in [7, 11) is -3.73. The van der Waals surface area contributed by atoms with Crippen LogP contribution in [0.5, 0.6) is 0 Å². The molecule has 2 aromatic carbocycles. The average Bonchev–Trinajstić information content (AvgIpc) is 2.61. The highest BCUT2D eigenvalue weighted by Gasteiger charge is 2.23. The SMILES string of the molecule is O=C(CCCC1=NS(=O)(=O)c2ccccc2N1)Nc1ccc(C(=O)[O-])cc1. The van der Waals surface area contributed by atoms with E-state index in [9.17, 15) is 23.1 Å². The van der Waals surface area contributed by atoms with Crippen LogP contribution in [-0.4, -0.2) is 26.1 Å². The molecular weight excluding hydrogens is 370 g/mol. The minimum atomic E-state index is -3.73. The second-order valence-electron chi connectivity index (χ2n) is 5.90. The van der Waals surface area contributed by atoms with Crippen molar-refractivity contribution in [1.29, 1.82) is 0 Å². The van der Waals surface area contributed by atoms with Crippen molar-refractivity contribution in [2.24, 2.45) is 4.40 Å². The molecule has 2 N–H and O–H groups in total. The van der Waals surface area contributed by atoms with Crippen molar-refractivity contribution < 1.29 is 23.1 Å². The van der Waals surface area contributed by atoms with E-state index in [1.54, 1.807) is 18.2 Å². The summed E-state index contributed by atoms with van der Waals surface area (Å²) in [4.78, 5) is 22.8. The molecule has 0 spiro atoms. The molecule has 0 saturated heterocycles. The third-order valence-corrected chi connectivity index (χ3v) is 5.27. The summed E-state index contributed by atoms with van der Waals surface area (Å²) in [6, 6.07) is 12.1. The Morgan fingerprint density at radius 2 is 1.78 bits per heavy atom. The van der Waals surface area contributed by atoms with Crippen LogP contribution in [0.3, 0.4) is 0 Å². The lowest BCUT2D eigenvalue weighted by Gasteiger charge is -2.17. The largest absolute Gasteiger partial charge is 0.545 e. The number of carboxylic acids is 1. The summed E-state index contributed by atoms with van der Waals surface area (Å²) in [6.45, 7) is 0. The number of hydrogen-bond acceptors (Lipinski definition) is 6. The lowest BCUT2D eigenvalue weighted by atomic mass is 10.2. The predicted octanol–water partition coefficient (Wildman–Crippen LogP) is 1.37. The predicted molar refractivity (Wildman–Crippen MR) is 97.9 cm³/mol. The molecule has 0 fully saturated rings. The van der Waals surface area contributed by atoms with Gasteiger partial charge in [-0.3, -0.25) is 4.79 Å². The highest BCUT2D eigenvalue weighted by Crippen LogP contribution is 2.27. The molecule has 1 aliphatic rings. The highest BCUT2D eigenvalue weighted by atomic mass is 32.2. The van der Waals surface area contributed by atoms with Crippen molar-refractivity contribution in [1.82, 2.24) is 0 Å². The van der Waals surface area contributed by atoms with E-state index in [0.29, 0.717) is 30.1 Å². The van der Waals surface area contributed by atoms with E-state index in [1.807, 2.05) is 0 Å². The fourth-order valence-corrected chi connectivity index (χ4v) is 3.78. The third-order valence-electron chi connectivity index (χ3n) is 3.90. The van der Waals surface area contributed by atoms with Gasteiger partial charge in [-0.2, -0.15) is 8.42 Å². The van der Waals surface area contributed by atoms with Gasteiger partial charge in [0.15, 0.2) is 0 Å². The van der Waals surface area contributed by atoms with Gasteiger partial charge in [0, 0.05) is 18.5 Å². The Morgan fingerprint density at radius 1 is 1.07 bits per heavy atom. The number of para-hydroxylation sites is 1. The second kappa shape index (κ2) is 7.58. The smallest absolute Gasteiger partial charge is 0.286 e. The Bertz CT molecular complexity index is 1010. The average molecular weight is 386 g/mol. The highest BCUT2D eigenvalue weighted by molar-refractivity contribution is 7.90. The zero-order chi connectivity index (χ0) is 19.4. The summed E-state index contributed by atoms with van der Waals surface area (Å²) in [6.07, 6.45) is 0.849. The standard InChI is InChI=1S/C18H17N3O5S/c22-17(19-13-10-8-12(9-11-13)18(23)24)7-3-6-16-20-14-4-1-2-5-15(14)27(25,26)21-16/h1-2,4-5,8-11H,3,6-7H2,(H,19,22)(H,20,21)(H,23,24)/p-1. The van der Waals surface area contributed by atoms with Gasteiger partial charge in [0.1, 0.15) is 10.7 Å². The van der Waals surface area contributed by atoms with Crippen LogP contribution in [0.4, 0.5) is 11.4 Å². The van der Waals surface area contributed by atoms with Gasteiger partial charge in [-0.25, -0.2) is 0 Å².